The lowest BCUT2D eigenvalue weighted by atomic mass is 9.90. The van der Waals surface area contributed by atoms with E-state index in [1.165, 1.54) is 15.8 Å². The van der Waals surface area contributed by atoms with Crippen molar-refractivity contribution in [2.45, 2.75) is 26.3 Å². The van der Waals surface area contributed by atoms with Crippen LogP contribution >= 0.6 is 0 Å². The maximum absolute atomic E-state index is 13.7. The SMILES string of the molecule is CC(C)C1CC(c2cn(-c3cccnc3F)nn2)=CCN1C(=O)O. The number of hydrogen-bond donors (Lipinski definition) is 1. The number of amides is 1. The van der Waals surface area contributed by atoms with Gasteiger partial charge in [-0.05, 0) is 30.0 Å². The molecule has 8 heteroatoms. The summed E-state index contributed by atoms with van der Waals surface area (Å²) in [4.78, 5) is 16.4. The number of carbonyl (C=O) groups is 1. The van der Waals surface area contributed by atoms with Crippen LogP contribution in [0, 0.1) is 11.9 Å². The van der Waals surface area contributed by atoms with Gasteiger partial charge in [0.25, 0.3) is 0 Å². The summed E-state index contributed by atoms with van der Waals surface area (Å²) in [7, 11) is 0. The first-order valence-corrected chi connectivity index (χ1v) is 7.69. The summed E-state index contributed by atoms with van der Waals surface area (Å²) < 4.78 is 15.1. The Morgan fingerprint density at radius 1 is 1.46 bits per heavy atom. The molecule has 2 aromatic rings. The fourth-order valence-electron chi connectivity index (χ4n) is 2.86. The Hall–Kier alpha value is -2.77. The second-order valence-corrected chi connectivity index (χ2v) is 6.04. The Balaban J connectivity index is 1.88. The standard InChI is InChI=1S/C16H18FN5O2/c1-10(2)14-8-11(5-7-21(14)16(23)24)12-9-22(20-19-12)13-4-3-6-18-15(13)17/h3-6,9-10,14H,7-8H2,1-2H3,(H,23,24). The molecule has 0 saturated carbocycles. The molecule has 24 heavy (non-hydrogen) atoms. The Morgan fingerprint density at radius 3 is 2.92 bits per heavy atom. The molecule has 0 bridgehead atoms. The predicted octanol–water partition coefficient (Wildman–Crippen LogP) is 2.59. The number of nitrogens with zero attached hydrogens (tertiary/aromatic N) is 5. The third-order valence-corrected chi connectivity index (χ3v) is 4.19. The van der Waals surface area contributed by atoms with Crippen LogP contribution < -0.4 is 0 Å². The number of hydrogen-bond acceptors (Lipinski definition) is 4. The molecule has 1 aliphatic heterocycles. The highest BCUT2D eigenvalue weighted by atomic mass is 19.1. The van der Waals surface area contributed by atoms with E-state index in [0.29, 0.717) is 18.7 Å². The zero-order valence-electron chi connectivity index (χ0n) is 13.4. The van der Waals surface area contributed by atoms with E-state index in [1.54, 1.807) is 18.3 Å². The molecule has 0 fully saturated rings. The van der Waals surface area contributed by atoms with E-state index in [2.05, 4.69) is 15.3 Å². The van der Waals surface area contributed by atoms with Gasteiger partial charge in [-0.2, -0.15) is 4.39 Å². The molecule has 3 heterocycles. The lowest BCUT2D eigenvalue weighted by Gasteiger charge is -2.35. The Morgan fingerprint density at radius 2 is 2.25 bits per heavy atom. The lowest BCUT2D eigenvalue weighted by Crippen LogP contribution is -2.44. The second-order valence-electron chi connectivity index (χ2n) is 6.04. The molecular formula is C16H18FN5O2. The third-order valence-electron chi connectivity index (χ3n) is 4.19. The van der Waals surface area contributed by atoms with Gasteiger partial charge in [-0.3, -0.25) is 0 Å². The number of rotatable bonds is 3. The van der Waals surface area contributed by atoms with Crippen LogP contribution in [0.25, 0.3) is 11.3 Å². The lowest BCUT2D eigenvalue weighted by molar-refractivity contribution is 0.115. The van der Waals surface area contributed by atoms with Gasteiger partial charge in [-0.1, -0.05) is 25.1 Å². The highest BCUT2D eigenvalue weighted by molar-refractivity contribution is 5.70. The van der Waals surface area contributed by atoms with Crippen LogP contribution in [0.4, 0.5) is 9.18 Å². The highest BCUT2D eigenvalue weighted by Crippen LogP contribution is 2.29. The van der Waals surface area contributed by atoms with Crippen LogP contribution in [-0.4, -0.2) is 48.7 Å². The van der Waals surface area contributed by atoms with Crippen LogP contribution in [0.2, 0.25) is 0 Å². The summed E-state index contributed by atoms with van der Waals surface area (Å²) in [5, 5.41) is 17.4. The van der Waals surface area contributed by atoms with Crippen molar-refractivity contribution in [3.05, 3.63) is 42.2 Å². The van der Waals surface area contributed by atoms with E-state index in [0.717, 1.165) is 5.57 Å². The third kappa shape index (κ3) is 2.99. The van der Waals surface area contributed by atoms with E-state index in [4.69, 9.17) is 0 Å². The fourth-order valence-corrected chi connectivity index (χ4v) is 2.86. The number of aromatic nitrogens is 4. The molecule has 1 amide bonds. The van der Waals surface area contributed by atoms with Crippen molar-refractivity contribution < 1.29 is 14.3 Å². The smallest absolute Gasteiger partial charge is 0.407 e. The van der Waals surface area contributed by atoms with E-state index in [9.17, 15) is 14.3 Å². The van der Waals surface area contributed by atoms with E-state index in [-0.39, 0.29) is 17.6 Å². The minimum absolute atomic E-state index is 0.122. The van der Waals surface area contributed by atoms with Crippen molar-refractivity contribution in [3.63, 3.8) is 0 Å². The molecule has 1 unspecified atom stereocenters. The monoisotopic (exact) mass is 331 g/mol. The molecule has 0 aliphatic carbocycles. The zero-order chi connectivity index (χ0) is 17.3. The average Bonchev–Trinajstić information content (AvgIpc) is 3.04. The van der Waals surface area contributed by atoms with Crippen molar-refractivity contribution >= 4 is 11.7 Å². The number of pyridine rings is 1. The predicted molar refractivity (Wildman–Crippen MR) is 85.1 cm³/mol. The summed E-state index contributed by atoms with van der Waals surface area (Å²) in [6.07, 6.45) is 4.47. The Labute approximate surface area is 138 Å². The van der Waals surface area contributed by atoms with Gasteiger partial charge < -0.3 is 10.0 Å². The van der Waals surface area contributed by atoms with Crippen molar-refractivity contribution in [2.75, 3.05) is 6.54 Å². The van der Waals surface area contributed by atoms with Crippen LogP contribution in [0.1, 0.15) is 26.0 Å². The van der Waals surface area contributed by atoms with Crippen molar-refractivity contribution in [1.29, 1.82) is 0 Å². The molecule has 1 N–H and O–H groups in total. The van der Waals surface area contributed by atoms with Gasteiger partial charge in [-0.15, -0.1) is 5.10 Å². The van der Waals surface area contributed by atoms with Crippen LogP contribution in [0.15, 0.2) is 30.6 Å². The summed E-state index contributed by atoms with van der Waals surface area (Å²) >= 11 is 0. The molecule has 7 nitrogen and oxygen atoms in total. The first kappa shape index (κ1) is 16.1. The van der Waals surface area contributed by atoms with Gasteiger partial charge >= 0.3 is 6.09 Å². The molecule has 2 aromatic heterocycles. The van der Waals surface area contributed by atoms with Crippen molar-refractivity contribution in [3.8, 4) is 5.69 Å². The topological polar surface area (TPSA) is 84.1 Å². The number of carboxylic acid groups (broad SMARTS) is 1. The quantitative estimate of drug-likeness (QED) is 0.874. The molecule has 3 rings (SSSR count). The summed E-state index contributed by atoms with van der Waals surface area (Å²) in [6.45, 7) is 4.29. The van der Waals surface area contributed by atoms with Crippen molar-refractivity contribution in [2.24, 2.45) is 5.92 Å². The van der Waals surface area contributed by atoms with Crippen LogP contribution in [0.5, 0.6) is 0 Å². The van der Waals surface area contributed by atoms with Crippen molar-refractivity contribution in [1.82, 2.24) is 24.9 Å². The summed E-state index contributed by atoms with van der Waals surface area (Å²) in [5.74, 6) is -0.445. The second kappa shape index (κ2) is 6.38. The first-order chi connectivity index (χ1) is 11.5. The Kier molecular flexibility index (Phi) is 4.28. The number of halogens is 1. The molecule has 0 saturated heterocycles. The average molecular weight is 331 g/mol. The van der Waals surface area contributed by atoms with E-state index >= 15 is 0 Å². The molecule has 1 atom stereocenters. The summed E-state index contributed by atoms with van der Waals surface area (Å²) in [5.41, 5.74) is 1.76. The molecule has 0 spiro atoms. The van der Waals surface area contributed by atoms with Gasteiger partial charge in [-0.25, -0.2) is 14.5 Å². The fraction of sp³-hybridized carbons (Fsp3) is 0.375. The summed E-state index contributed by atoms with van der Waals surface area (Å²) in [6, 6.07) is 3.07. The van der Waals surface area contributed by atoms with Gasteiger partial charge in [0.15, 0.2) is 0 Å². The van der Waals surface area contributed by atoms with Gasteiger partial charge in [0.1, 0.15) is 11.4 Å². The van der Waals surface area contributed by atoms with E-state index < -0.39 is 12.0 Å². The molecule has 126 valence electrons. The Bertz CT molecular complexity index is 786. The maximum atomic E-state index is 13.7. The first-order valence-electron chi connectivity index (χ1n) is 7.69. The minimum Gasteiger partial charge on any atom is -0.465 e. The van der Waals surface area contributed by atoms with Gasteiger partial charge in [0, 0.05) is 18.8 Å². The molecule has 0 radical (unpaired) electrons. The van der Waals surface area contributed by atoms with Crippen LogP contribution in [-0.2, 0) is 0 Å². The van der Waals surface area contributed by atoms with Gasteiger partial charge in [0.05, 0.1) is 6.20 Å². The molecular weight excluding hydrogens is 313 g/mol. The molecule has 1 aliphatic rings. The largest absolute Gasteiger partial charge is 0.465 e. The maximum Gasteiger partial charge on any atom is 0.407 e. The molecule has 0 aromatic carbocycles. The zero-order valence-corrected chi connectivity index (χ0v) is 13.4. The normalized spacial score (nSPS) is 17.9. The van der Waals surface area contributed by atoms with Gasteiger partial charge in [0.2, 0.25) is 5.95 Å². The van der Waals surface area contributed by atoms with Crippen LogP contribution in [0.3, 0.4) is 0 Å². The highest BCUT2D eigenvalue weighted by Gasteiger charge is 2.30. The van der Waals surface area contributed by atoms with E-state index in [1.807, 2.05) is 19.9 Å². The minimum atomic E-state index is -0.926.